The summed E-state index contributed by atoms with van der Waals surface area (Å²) in [4.78, 5) is 2.58. The van der Waals surface area contributed by atoms with Crippen LogP contribution < -0.4 is 0 Å². The highest BCUT2D eigenvalue weighted by atomic mass is 16.3. The number of rotatable bonds is 4. The Kier molecular flexibility index (Phi) is 4.90. The van der Waals surface area contributed by atoms with E-state index in [9.17, 15) is 5.11 Å². The molecular weight excluding hydrogens is 174 g/mol. The van der Waals surface area contributed by atoms with E-state index >= 15 is 0 Å². The van der Waals surface area contributed by atoms with Gasteiger partial charge in [0.2, 0.25) is 0 Å². The van der Waals surface area contributed by atoms with Gasteiger partial charge in [-0.25, -0.2) is 0 Å². The molecule has 0 aromatic rings. The Bertz CT molecular complexity index is 150. The summed E-state index contributed by atoms with van der Waals surface area (Å²) in [5, 5.41) is 9.44. The van der Waals surface area contributed by atoms with Crippen LogP contribution in [0.15, 0.2) is 0 Å². The minimum atomic E-state index is -0.0241. The van der Waals surface area contributed by atoms with Gasteiger partial charge in [0, 0.05) is 12.6 Å². The molecule has 1 fully saturated rings. The molecule has 0 radical (unpaired) electrons. The molecule has 0 heterocycles. The molecule has 0 aromatic carbocycles. The minimum absolute atomic E-state index is 0.0241. The van der Waals surface area contributed by atoms with Crippen LogP contribution in [0.5, 0.6) is 0 Å². The summed E-state index contributed by atoms with van der Waals surface area (Å²) in [6.07, 6.45) is 4.34. The van der Waals surface area contributed by atoms with Crippen molar-refractivity contribution in [3.63, 3.8) is 0 Å². The summed E-state index contributed by atoms with van der Waals surface area (Å²) >= 11 is 0. The maximum Gasteiger partial charge on any atom is 0.0541 e. The van der Waals surface area contributed by atoms with Crippen molar-refractivity contribution >= 4 is 0 Å². The lowest BCUT2D eigenvalue weighted by molar-refractivity contribution is 0.0710. The summed E-state index contributed by atoms with van der Waals surface area (Å²) in [6.45, 7) is 9.16. The predicted octanol–water partition coefficient (Wildman–Crippen LogP) is 2.27. The summed E-state index contributed by atoms with van der Waals surface area (Å²) in [5.41, 5.74) is 0. The molecule has 1 aliphatic rings. The third kappa shape index (κ3) is 3.58. The first-order chi connectivity index (χ1) is 6.63. The first-order valence-electron chi connectivity index (χ1n) is 6.05. The highest BCUT2D eigenvalue weighted by Crippen LogP contribution is 2.23. The highest BCUT2D eigenvalue weighted by Gasteiger charge is 2.23. The van der Waals surface area contributed by atoms with E-state index in [1.807, 2.05) is 0 Å². The van der Waals surface area contributed by atoms with Crippen molar-refractivity contribution in [3.05, 3.63) is 0 Å². The Morgan fingerprint density at radius 1 is 1.21 bits per heavy atom. The van der Waals surface area contributed by atoms with Gasteiger partial charge in [-0.2, -0.15) is 0 Å². The zero-order valence-corrected chi connectivity index (χ0v) is 9.87. The Labute approximate surface area is 88.3 Å². The molecule has 0 unspecified atom stereocenters. The summed E-state index contributed by atoms with van der Waals surface area (Å²) in [7, 11) is 0. The minimum Gasteiger partial charge on any atom is -0.393 e. The molecule has 0 bridgehead atoms. The second-order valence-corrected chi connectivity index (χ2v) is 4.94. The zero-order chi connectivity index (χ0) is 10.6. The van der Waals surface area contributed by atoms with Crippen molar-refractivity contribution in [2.45, 2.75) is 58.6 Å². The molecule has 1 N–H and O–H groups in total. The van der Waals surface area contributed by atoms with Gasteiger partial charge in [-0.15, -0.1) is 0 Å². The van der Waals surface area contributed by atoms with E-state index in [-0.39, 0.29) is 6.10 Å². The van der Waals surface area contributed by atoms with E-state index in [0.717, 1.165) is 31.3 Å². The summed E-state index contributed by atoms with van der Waals surface area (Å²) in [6, 6.07) is 0.728. The summed E-state index contributed by atoms with van der Waals surface area (Å²) < 4.78 is 0. The lowest BCUT2D eigenvalue weighted by Crippen LogP contribution is -2.40. The van der Waals surface area contributed by atoms with Crippen LogP contribution in [0, 0.1) is 5.92 Å². The third-order valence-electron chi connectivity index (χ3n) is 3.19. The highest BCUT2D eigenvalue weighted by molar-refractivity contribution is 4.79. The molecule has 0 spiro atoms. The number of aliphatic hydroxyl groups excluding tert-OH is 1. The van der Waals surface area contributed by atoms with E-state index in [1.54, 1.807) is 0 Å². The van der Waals surface area contributed by atoms with Gasteiger partial charge in [0.1, 0.15) is 0 Å². The van der Waals surface area contributed by atoms with Crippen LogP contribution in [0.1, 0.15) is 46.5 Å². The second-order valence-electron chi connectivity index (χ2n) is 4.94. The van der Waals surface area contributed by atoms with Crippen LogP contribution in [0.3, 0.4) is 0 Å². The maximum atomic E-state index is 9.44. The van der Waals surface area contributed by atoms with Crippen molar-refractivity contribution in [3.8, 4) is 0 Å². The molecule has 0 atom stereocenters. The number of aliphatic hydroxyl groups is 1. The fourth-order valence-corrected chi connectivity index (χ4v) is 2.43. The van der Waals surface area contributed by atoms with Crippen molar-refractivity contribution < 1.29 is 5.11 Å². The molecule has 0 saturated heterocycles. The van der Waals surface area contributed by atoms with E-state index in [0.29, 0.717) is 0 Å². The average Bonchev–Trinajstić information content (AvgIpc) is 2.15. The van der Waals surface area contributed by atoms with Crippen molar-refractivity contribution in [2.75, 3.05) is 13.1 Å². The van der Waals surface area contributed by atoms with Crippen LogP contribution in [0.25, 0.3) is 0 Å². The normalized spacial score (nSPS) is 28.7. The summed E-state index contributed by atoms with van der Waals surface area (Å²) in [5.74, 6) is 0.752. The maximum absolute atomic E-state index is 9.44. The first-order valence-corrected chi connectivity index (χ1v) is 6.05. The predicted molar refractivity (Wildman–Crippen MR) is 60.3 cm³/mol. The Balaban J connectivity index is 2.36. The Hall–Kier alpha value is -0.0800. The molecule has 2 heteroatoms. The van der Waals surface area contributed by atoms with Crippen LogP contribution in [-0.2, 0) is 0 Å². The van der Waals surface area contributed by atoms with Crippen molar-refractivity contribution in [2.24, 2.45) is 5.92 Å². The molecule has 1 aliphatic carbocycles. The van der Waals surface area contributed by atoms with Crippen LogP contribution in [0.2, 0.25) is 0 Å². The van der Waals surface area contributed by atoms with Gasteiger partial charge in [-0.1, -0.05) is 20.8 Å². The molecule has 0 amide bonds. The van der Waals surface area contributed by atoms with E-state index in [4.69, 9.17) is 0 Å². The van der Waals surface area contributed by atoms with Crippen LogP contribution in [0.4, 0.5) is 0 Å². The van der Waals surface area contributed by atoms with Gasteiger partial charge in [0.25, 0.3) is 0 Å². The quantitative estimate of drug-likeness (QED) is 0.751. The van der Waals surface area contributed by atoms with Gasteiger partial charge in [0.15, 0.2) is 0 Å². The van der Waals surface area contributed by atoms with Crippen molar-refractivity contribution in [1.82, 2.24) is 4.90 Å². The largest absolute Gasteiger partial charge is 0.393 e. The molecule has 0 aliphatic heterocycles. The fraction of sp³-hybridized carbons (Fsp3) is 1.00. The molecule has 2 nitrogen and oxygen atoms in total. The molecule has 14 heavy (non-hydrogen) atoms. The smallest absolute Gasteiger partial charge is 0.0541 e. The molecular formula is C12H25NO. The molecule has 1 saturated carbocycles. The van der Waals surface area contributed by atoms with Crippen molar-refractivity contribution in [1.29, 1.82) is 0 Å². The third-order valence-corrected chi connectivity index (χ3v) is 3.19. The first kappa shape index (κ1) is 12.0. The van der Waals surface area contributed by atoms with E-state index in [2.05, 4.69) is 25.7 Å². The number of hydrogen-bond acceptors (Lipinski definition) is 2. The van der Waals surface area contributed by atoms with Crippen LogP contribution >= 0.6 is 0 Å². The number of nitrogens with zero attached hydrogens (tertiary/aromatic N) is 1. The van der Waals surface area contributed by atoms with Gasteiger partial charge in [-0.3, -0.25) is 0 Å². The Morgan fingerprint density at radius 3 is 2.21 bits per heavy atom. The van der Waals surface area contributed by atoms with E-state index in [1.165, 1.54) is 19.4 Å². The standard InChI is InChI=1S/C12H25NO/c1-4-13(9-10(2)3)11-5-7-12(14)8-6-11/h10-12,14H,4-9H2,1-3H3. The molecule has 1 rings (SSSR count). The second kappa shape index (κ2) is 5.72. The van der Waals surface area contributed by atoms with Gasteiger partial charge in [-0.05, 0) is 38.1 Å². The van der Waals surface area contributed by atoms with Gasteiger partial charge in [0.05, 0.1) is 6.10 Å². The van der Waals surface area contributed by atoms with Crippen LogP contribution in [-0.4, -0.2) is 35.2 Å². The zero-order valence-electron chi connectivity index (χ0n) is 9.87. The lowest BCUT2D eigenvalue weighted by atomic mass is 9.91. The monoisotopic (exact) mass is 199 g/mol. The lowest BCUT2D eigenvalue weighted by Gasteiger charge is -2.36. The topological polar surface area (TPSA) is 23.5 Å². The van der Waals surface area contributed by atoms with Gasteiger partial charge >= 0.3 is 0 Å². The average molecular weight is 199 g/mol. The Morgan fingerprint density at radius 2 is 1.79 bits per heavy atom. The molecule has 84 valence electrons. The fourth-order valence-electron chi connectivity index (χ4n) is 2.43. The van der Waals surface area contributed by atoms with Gasteiger partial charge < -0.3 is 10.0 Å². The SMILES string of the molecule is CCN(CC(C)C)C1CCC(O)CC1. The van der Waals surface area contributed by atoms with E-state index < -0.39 is 0 Å². The number of hydrogen-bond donors (Lipinski definition) is 1. The molecule has 0 aromatic heterocycles.